The zero-order valence-corrected chi connectivity index (χ0v) is 16.0. The Bertz CT molecular complexity index is 967. The minimum atomic E-state index is -0.0842. The molecule has 0 radical (unpaired) electrons. The smallest absolute Gasteiger partial charge is 0.274 e. The standard InChI is InChI=1S/C20H17Cl2N3O2/c21-16-6-3-7-17(22)19(16)27-13-25-11-9-18(23-25)20(26)24-10-8-14-4-1-2-5-15(14)12-24/h1-7,9,11H,8,10,12-13H2. The van der Waals surface area contributed by atoms with Crippen LogP contribution in [-0.2, 0) is 19.7 Å². The molecule has 0 N–H and O–H groups in total. The number of ether oxygens (including phenoxy) is 1. The summed E-state index contributed by atoms with van der Waals surface area (Å²) >= 11 is 12.2. The fourth-order valence-corrected chi connectivity index (χ4v) is 3.64. The summed E-state index contributed by atoms with van der Waals surface area (Å²) in [6.45, 7) is 1.40. The lowest BCUT2D eigenvalue weighted by molar-refractivity contribution is 0.0726. The van der Waals surface area contributed by atoms with Gasteiger partial charge in [0.1, 0.15) is 0 Å². The van der Waals surface area contributed by atoms with Crippen molar-refractivity contribution in [3.63, 3.8) is 0 Å². The van der Waals surface area contributed by atoms with Crippen LogP contribution in [0.3, 0.4) is 0 Å². The summed E-state index contributed by atoms with van der Waals surface area (Å²) < 4.78 is 7.20. The van der Waals surface area contributed by atoms with Gasteiger partial charge in [0.15, 0.2) is 18.2 Å². The zero-order chi connectivity index (χ0) is 18.8. The van der Waals surface area contributed by atoms with E-state index in [0.29, 0.717) is 34.6 Å². The van der Waals surface area contributed by atoms with E-state index in [2.05, 4.69) is 17.2 Å². The Morgan fingerprint density at radius 2 is 1.78 bits per heavy atom. The number of aromatic nitrogens is 2. The van der Waals surface area contributed by atoms with Crippen molar-refractivity contribution in [1.82, 2.24) is 14.7 Å². The molecule has 0 saturated carbocycles. The molecule has 0 spiro atoms. The van der Waals surface area contributed by atoms with Gasteiger partial charge in [-0.2, -0.15) is 5.10 Å². The third-order valence-electron chi connectivity index (χ3n) is 4.54. The van der Waals surface area contributed by atoms with Gasteiger partial charge in [0, 0.05) is 19.3 Å². The molecule has 0 aliphatic carbocycles. The molecule has 0 saturated heterocycles. The van der Waals surface area contributed by atoms with Crippen molar-refractivity contribution in [3.8, 4) is 5.75 Å². The van der Waals surface area contributed by atoms with E-state index in [1.165, 1.54) is 11.1 Å². The number of para-hydroxylation sites is 1. The Labute approximate surface area is 167 Å². The Kier molecular flexibility index (Phi) is 5.05. The van der Waals surface area contributed by atoms with Crippen molar-refractivity contribution >= 4 is 29.1 Å². The zero-order valence-electron chi connectivity index (χ0n) is 14.4. The van der Waals surface area contributed by atoms with Gasteiger partial charge in [0.05, 0.1) is 10.0 Å². The molecule has 5 nitrogen and oxygen atoms in total. The molecule has 2 heterocycles. The van der Waals surface area contributed by atoms with Crippen molar-refractivity contribution in [1.29, 1.82) is 0 Å². The van der Waals surface area contributed by atoms with E-state index in [-0.39, 0.29) is 12.6 Å². The fourth-order valence-electron chi connectivity index (χ4n) is 3.13. The van der Waals surface area contributed by atoms with E-state index in [4.69, 9.17) is 27.9 Å². The molecule has 0 bridgehead atoms. The first-order valence-corrected chi connectivity index (χ1v) is 9.34. The third-order valence-corrected chi connectivity index (χ3v) is 5.13. The monoisotopic (exact) mass is 401 g/mol. The number of fused-ring (bicyclic) bond motifs is 1. The van der Waals surface area contributed by atoms with Gasteiger partial charge in [-0.1, -0.05) is 53.5 Å². The Hall–Kier alpha value is -2.50. The number of hydrogen-bond acceptors (Lipinski definition) is 3. The van der Waals surface area contributed by atoms with Crippen LogP contribution in [0.15, 0.2) is 54.7 Å². The lowest BCUT2D eigenvalue weighted by Gasteiger charge is -2.28. The second-order valence-electron chi connectivity index (χ2n) is 6.31. The number of rotatable bonds is 4. The summed E-state index contributed by atoms with van der Waals surface area (Å²) in [4.78, 5) is 14.6. The van der Waals surface area contributed by atoms with Gasteiger partial charge >= 0.3 is 0 Å². The van der Waals surface area contributed by atoms with E-state index in [1.807, 2.05) is 17.0 Å². The minimum absolute atomic E-state index is 0.0842. The van der Waals surface area contributed by atoms with Crippen molar-refractivity contribution in [3.05, 3.63) is 81.6 Å². The number of hydrogen-bond donors (Lipinski definition) is 0. The topological polar surface area (TPSA) is 47.4 Å². The Balaban J connectivity index is 1.43. The van der Waals surface area contributed by atoms with Crippen LogP contribution in [0.5, 0.6) is 5.75 Å². The average Bonchev–Trinajstić information content (AvgIpc) is 3.15. The summed E-state index contributed by atoms with van der Waals surface area (Å²) in [5.41, 5.74) is 2.88. The van der Waals surface area contributed by atoms with Gasteiger partial charge in [-0.05, 0) is 35.7 Å². The van der Waals surface area contributed by atoms with Crippen LogP contribution in [0.25, 0.3) is 0 Å². The second kappa shape index (κ2) is 7.62. The predicted molar refractivity (Wildman–Crippen MR) is 104 cm³/mol. The van der Waals surface area contributed by atoms with E-state index in [1.54, 1.807) is 35.1 Å². The average molecular weight is 402 g/mol. The number of nitrogens with zero attached hydrogens (tertiary/aromatic N) is 3. The van der Waals surface area contributed by atoms with Gasteiger partial charge in [0.25, 0.3) is 5.91 Å². The molecular formula is C20H17Cl2N3O2. The fraction of sp³-hybridized carbons (Fsp3) is 0.200. The van der Waals surface area contributed by atoms with Gasteiger partial charge in [-0.3, -0.25) is 4.79 Å². The summed E-state index contributed by atoms with van der Waals surface area (Å²) in [6, 6.07) is 15.1. The quantitative estimate of drug-likeness (QED) is 0.649. The van der Waals surface area contributed by atoms with E-state index in [9.17, 15) is 4.79 Å². The molecule has 3 aromatic rings. The first-order valence-electron chi connectivity index (χ1n) is 8.58. The second-order valence-corrected chi connectivity index (χ2v) is 7.12. The maximum atomic E-state index is 12.8. The van der Waals surface area contributed by atoms with Gasteiger partial charge in [-0.25, -0.2) is 4.68 Å². The van der Waals surface area contributed by atoms with Crippen LogP contribution in [0.4, 0.5) is 0 Å². The molecule has 138 valence electrons. The number of halogens is 2. The van der Waals surface area contributed by atoms with Gasteiger partial charge in [-0.15, -0.1) is 0 Å². The SMILES string of the molecule is O=C(c1ccn(COc2c(Cl)cccc2Cl)n1)N1CCc2ccccc2C1. The summed E-state index contributed by atoms with van der Waals surface area (Å²) in [7, 11) is 0. The normalized spacial score (nSPS) is 13.3. The van der Waals surface area contributed by atoms with E-state index in [0.717, 1.165) is 6.42 Å². The van der Waals surface area contributed by atoms with Crippen LogP contribution in [0.2, 0.25) is 10.0 Å². The lowest BCUT2D eigenvalue weighted by atomic mass is 10.00. The first-order chi connectivity index (χ1) is 13.1. The van der Waals surface area contributed by atoms with Crippen molar-refractivity contribution in [2.75, 3.05) is 6.54 Å². The molecule has 1 amide bonds. The summed E-state index contributed by atoms with van der Waals surface area (Å²) in [5, 5.41) is 5.19. The number of benzene rings is 2. The van der Waals surface area contributed by atoms with Crippen LogP contribution in [0.1, 0.15) is 21.6 Å². The number of carbonyl (C=O) groups excluding carboxylic acids is 1. The summed E-state index contributed by atoms with van der Waals surface area (Å²) in [5.74, 6) is 0.316. The van der Waals surface area contributed by atoms with Crippen LogP contribution < -0.4 is 4.74 Å². The highest BCUT2D eigenvalue weighted by atomic mass is 35.5. The maximum Gasteiger partial charge on any atom is 0.274 e. The number of amides is 1. The predicted octanol–water partition coefficient (Wildman–Crippen LogP) is 4.42. The lowest BCUT2D eigenvalue weighted by Crippen LogP contribution is -2.36. The van der Waals surface area contributed by atoms with E-state index >= 15 is 0 Å². The molecule has 27 heavy (non-hydrogen) atoms. The maximum absolute atomic E-state index is 12.8. The van der Waals surface area contributed by atoms with Crippen LogP contribution >= 0.6 is 23.2 Å². The highest BCUT2D eigenvalue weighted by Crippen LogP contribution is 2.32. The molecule has 4 rings (SSSR count). The first kappa shape index (κ1) is 17.9. The summed E-state index contributed by atoms with van der Waals surface area (Å²) in [6.07, 6.45) is 2.56. The van der Waals surface area contributed by atoms with Crippen molar-refractivity contribution in [2.45, 2.75) is 19.7 Å². The Morgan fingerprint density at radius 3 is 2.56 bits per heavy atom. The highest BCUT2D eigenvalue weighted by Gasteiger charge is 2.23. The van der Waals surface area contributed by atoms with Gasteiger partial charge in [0.2, 0.25) is 0 Å². The van der Waals surface area contributed by atoms with Crippen molar-refractivity contribution in [2.24, 2.45) is 0 Å². The van der Waals surface area contributed by atoms with Crippen LogP contribution in [0, 0.1) is 0 Å². The molecule has 1 aromatic heterocycles. The molecule has 7 heteroatoms. The highest BCUT2D eigenvalue weighted by molar-refractivity contribution is 6.37. The minimum Gasteiger partial charge on any atom is -0.468 e. The van der Waals surface area contributed by atoms with E-state index < -0.39 is 0 Å². The van der Waals surface area contributed by atoms with Gasteiger partial charge < -0.3 is 9.64 Å². The van der Waals surface area contributed by atoms with Crippen molar-refractivity contribution < 1.29 is 9.53 Å². The molecule has 0 fully saturated rings. The molecular weight excluding hydrogens is 385 g/mol. The largest absolute Gasteiger partial charge is 0.468 e. The molecule has 2 aromatic carbocycles. The molecule has 1 aliphatic rings. The van der Waals surface area contributed by atoms with Crippen LogP contribution in [-0.4, -0.2) is 27.1 Å². The number of carbonyl (C=O) groups is 1. The molecule has 0 unspecified atom stereocenters. The molecule has 0 atom stereocenters. The third kappa shape index (κ3) is 3.80. The molecule has 1 aliphatic heterocycles. The Morgan fingerprint density at radius 1 is 1.04 bits per heavy atom.